The molecule has 3 heterocycles. The Morgan fingerprint density at radius 3 is 3.09 bits per heavy atom. The first-order valence-corrected chi connectivity index (χ1v) is 8.49. The predicted molar refractivity (Wildman–Crippen MR) is 87.5 cm³/mol. The van der Waals surface area contributed by atoms with E-state index in [-0.39, 0.29) is 11.3 Å². The smallest absolute Gasteiger partial charge is 0.148 e. The van der Waals surface area contributed by atoms with Gasteiger partial charge in [-0.1, -0.05) is 18.2 Å². The van der Waals surface area contributed by atoms with Crippen molar-refractivity contribution in [3.8, 4) is 5.75 Å². The van der Waals surface area contributed by atoms with Gasteiger partial charge in [-0.2, -0.15) is 0 Å². The van der Waals surface area contributed by atoms with Crippen LogP contribution in [-0.2, 0) is 10.2 Å². The second-order valence-electron chi connectivity index (χ2n) is 7.28. The number of allylic oxidation sites excluding steroid dienone is 2. The highest BCUT2D eigenvalue weighted by atomic mass is 16.3. The van der Waals surface area contributed by atoms with Gasteiger partial charge in [0.05, 0.1) is 24.2 Å². The summed E-state index contributed by atoms with van der Waals surface area (Å²) in [5.74, 6) is 0.537. The Balaban J connectivity index is 1.84. The number of para-hydroxylation sites is 1. The van der Waals surface area contributed by atoms with Crippen LogP contribution in [0.15, 0.2) is 41.1 Å². The second kappa shape index (κ2) is 4.26. The fraction of sp³-hybridized carbons (Fsp3) is 0.421. The van der Waals surface area contributed by atoms with E-state index >= 15 is 0 Å². The molecule has 2 bridgehead atoms. The van der Waals surface area contributed by atoms with Crippen molar-refractivity contribution in [2.24, 2.45) is 5.92 Å². The normalized spacial score (nSPS) is 38.3. The van der Waals surface area contributed by atoms with Crippen molar-refractivity contribution in [3.05, 3.63) is 46.7 Å². The summed E-state index contributed by atoms with van der Waals surface area (Å²) < 4.78 is 0. The number of aldehydes is 1. The van der Waals surface area contributed by atoms with E-state index in [2.05, 4.69) is 24.4 Å². The molecule has 3 aliphatic heterocycles. The number of carbonyl (C=O) groups is 1. The molecule has 1 aromatic carbocycles. The summed E-state index contributed by atoms with van der Waals surface area (Å²) in [6, 6.07) is 6.29. The summed E-state index contributed by atoms with van der Waals surface area (Å²) in [5, 5.41) is 13.8. The third kappa shape index (κ3) is 1.39. The van der Waals surface area contributed by atoms with Crippen LogP contribution in [0.5, 0.6) is 5.75 Å². The molecular formula is C19H21N2O2+. The maximum atomic E-state index is 12.0. The van der Waals surface area contributed by atoms with Gasteiger partial charge in [0.1, 0.15) is 18.1 Å². The Kier molecular flexibility index (Phi) is 2.48. The Morgan fingerprint density at radius 2 is 2.30 bits per heavy atom. The summed E-state index contributed by atoms with van der Waals surface area (Å²) in [7, 11) is 0. The van der Waals surface area contributed by atoms with Crippen LogP contribution in [-0.4, -0.2) is 30.5 Å². The number of hydrogen-bond acceptors (Lipinski definition) is 3. The van der Waals surface area contributed by atoms with Gasteiger partial charge in [-0.05, 0) is 24.1 Å². The third-order valence-corrected chi connectivity index (χ3v) is 6.66. The molecule has 0 saturated carbocycles. The van der Waals surface area contributed by atoms with E-state index in [9.17, 15) is 9.90 Å². The highest BCUT2D eigenvalue weighted by Gasteiger charge is 2.64. The van der Waals surface area contributed by atoms with Crippen molar-refractivity contribution in [1.29, 1.82) is 0 Å². The minimum Gasteiger partial charge on any atom is -0.506 e. The van der Waals surface area contributed by atoms with Gasteiger partial charge in [-0.3, -0.25) is 4.79 Å². The maximum absolute atomic E-state index is 12.0. The molecule has 4 atom stereocenters. The average molecular weight is 309 g/mol. The third-order valence-electron chi connectivity index (χ3n) is 6.66. The van der Waals surface area contributed by atoms with Gasteiger partial charge in [0.25, 0.3) is 0 Å². The molecule has 4 nitrogen and oxygen atoms in total. The van der Waals surface area contributed by atoms with Crippen LogP contribution in [0, 0.1) is 5.92 Å². The quantitative estimate of drug-likeness (QED) is 0.414. The Labute approximate surface area is 135 Å². The highest BCUT2D eigenvalue weighted by molar-refractivity contribution is 5.85. The first-order valence-electron chi connectivity index (χ1n) is 8.49. The lowest BCUT2D eigenvalue weighted by atomic mass is 9.62. The Bertz CT molecular complexity index is 795. The number of carbonyl (C=O) groups excluding carboxylic acids is 1. The fourth-order valence-corrected chi connectivity index (χ4v) is 5.72. The number of aromatic hydroxyl groups is 1. The van der Waals surface area contributed by atoms with Crippen molar-refractivity contribution in [2.45, 2.75) is 31.2 Å². The number of rotatable bonds is 1. The molecular weight excluding hydrogens is 288 g/mol. The summed E-state index contributed by atoms with van der Waals surface area (Å²) in [6.07, 6.45) is 5.35. The van der Waals surface area contributed by atoms with Gasteiger partial charge in [-0.15, -0.1) is 0 Å². The number of piperidine rings is 1. The first-order chi connectivity index (χ1) is 11.2. The van der Waals surface area contributed by atoms with E-state index in [1.54, 1.807) is 11.0 Å². The standard InChI is InChI=1S/C19H20N2O2/c1-2-11-9-21-7-6-19-14-4-3-5-15(23)17(14)20-18(19)13(10-22)12(11)8-16(19)21/h2-5,10,12,16,20,23H,6-9H2,1H3/p+1. The molecule has 5 rings (SSSR count). The van der Waals surface area contributed by atoms with Crippen LogP contribution in [0.1, 0.15) is 25.3 Å². The van der Waals surface area contributed by atoms with Crippen LogP contribution in [0.3, 0.4) is 0 Å². The maximum Gasteiger partial charge on any atom is 0.148 e. The molecule has 2 saturated heterocycles. The zero-order chi connectivity index (χ0) is 15.8. The van der Waals surface area contributed by atoms with Crippen LogP contribution in [0.25, 0.3) is 0 Å². The monoisotopic (exact) mass is 309 g/mol. The van der Waals surface area contributed by atoms with E-state index in [4.69, 9.17) is 0 Å². The van der Waals surface area contributed by atoms with Gasteiger partial charge < -0.3 is 15.3 Å². The molecule has 118 valence electrons. The Morgan fingerprint density at radius 1 is 1.43 bits per heavy atom. The number of anilines is 1. The largest absolute Gasteiger partial charge is 0.506 e. The van der Waals surface area contributed by atoms with E-state index in [1.807, 2.05) is 6.07 Å². The van der Waals surface area contributed by atoms with E-state index in [1.165, 1.54) is 11.1 Å². The molecule has 4 unspecified atom stereocenters. The van der Waals surface area contributed by atoms with Crippen LogP contribution >= 0.6 is 0 Å². The van der Waals surface area contributed by atoms with Crippen LogP contribution < -0.4 is 10.2 Å². The molecule has 1 aliphatic carbocycles. The van der Waals surface area contributed by atoms with Gasteiger partial charge in [0.15, 0.2) is 0 Å². The van der Waals surface area contributed by atoms with Crippen molar-refractivity contribution in [1.82, 2.24) is 0 Å². The summed E-state index contributed by atoms with van der Waals surface area (Å²) in [6.45, 7) is 4.26. The lowest BCUT2D eigenvalue weighted by molar-refractivity contribution is -0.914. The van der Waals surface area contributed by atoms with Crippen LogP contribution in [0.2, 0.25) is 0 Å². The molecule has 23 heavy (non-hydrogen) atoms. The highest BCUT2D eigenvalue weighted by Crippen LogP contribution is 2.58. The van der Waals surface area contributed by atoms with Crippen molar-refractivity contribution in [3.63, 3.8) is 0 Å². The molecule has 4 aliphatic rings. The van der Waals surface area contributed by atoms with Gasteiger partial charge in [0.2, 0.25) is 0 Å². The number of benzene rings is 1. The lowest BCUT2D eigenvalue weighted by Crippen LogP contribution is -3.16. The summed E-state index contributed by atoms with van der Waals surface area (Å²) >= 11 is 0. The zero-order valence-electron chi connectivity index (χ0n) is 13.2. The molecule has 1 spiro atoms. The van der Waals surface area contributed by atoms with Gasteiger partial charge in [0, 0.05) is 30.0 Å². The number of phenolic OH excluding ortho intramolecular Hbond substituents is 1. The van der Waals surface area contributed by atoms with E-state index in [0.29, 0.717) is 11.8 Å². The molecule has 0 amide bonds. The molecule has 3 N–H and O–H groups in total. The van der Waals surface area contributed by atoms with Crippen molar-refractivity contribution >= 4 is 12.0 Å². The topological polar surface area (TPSA) is 53.8 Å². The van der Waals surface area contributed by atoms with Crippen molar-refractivity contribution < 1.29 is 14.8 Å². The minimum absolute atomic E-state index is 0.102. The average Bonchev–Trinajstić information content (AvgIpc) is 3.12. The number of hydrogen-bond donors (Lipinski definition) is 3. The Hall–Kier alpha value is -2.07. The van der Waals surface area contributed by atoms with E-state index < -0.39 is 0 Å². The second-order valence-corrected chi connectivity index (χ2v) is 7.28. The predicted octanol–water partition coefficient (Wildman–Crippen LogP) is 1.15. The molecule has 1 aromatic rings. The SMILES string of the molecule is CC=C1C[NH+]2CCC34C(=C(C=O)C1CC23)Nc1c(O)cccc14. The van der Waals surface area contributed by atoms with Crippen LogP contribution in [0.4, 0.5) is 5.69 Å². The lowest BCUT2D eigenvalue weighted by Gasteiger charge is -2.45. The van der Waals surface area contributed by atoms with Gasteiger partial charge in [-0.25, -0.2) is 0 Å². The summed E-state index contributed by atoms with van der Waals surface area (Å²) in [5.41, 5.74) is 5.27. The number of nitrogens with one attached hydrogen (secondary N) is 2. The van der Waals surface area contributed by atoms with E-state index in [0.717, 1.165) is 49.2 Å². The fourth-order valence-electron chi connectivity index (χ4n) is 5.72. The minimum atomic E-state index is -0.102. The molecule has 0 aromatic heterocycles. The number of phenols is 1. The number of quaternary nitrogens is 1. The molecule has 4 heteroatoms. The first kappa shape index (κ1) is 13.4. The molecule has 2 fully saturated rings. The van der Waals surface area contributed by atoms with Gasteiger partial charge >= 0.3 is 0 Å². The van der Waals surface area contributed by atoms with Crippen molar-refractivity contribution in [2.75, 3.05) is 18.4 Å². The summed E-state index contributed by atoms with van der Waals surface area (Å²) in [4.78, 5) is 13.6. The molecule has 0 radical (unpaired) electrons. The zero-order valence-corrected chi connectivity index (χ0v) is 13.2. The number of fused-ring (bicyclic) bond motifs is 2.